The van der Waals surface area contributed by atoms with Crippen LogP contribution >= 0.6 is 0 Å². The fraction of sp³-hybridized carbons (Fsp3) is 0.259. The zero-order valence-corrected chi connectivity index (χ0v) is 21.3. The Balaban J connectivity index is 1.56. The Hall–Kier alpha value is -3.76. The van der Waals surface area contributed by atoms with E-state index in [1.165, 1.54) is 23.8 Å². The Morgan fingerprint density at radius 2 is 1.97 bits per heavy atom. The summed E-state index contributed by atoms with van der Waals surface area (Å²) in [6, 6.07) is 14.4. The summed E-state index contributed by atoms with van der Waals surface area (Å²) in [4.78, 5) is 16.5. The SMILES string of the molecule is Cc1cc2c(cc1S(=O)(=O)Nc1cccc(F)n1)oc(=O)n2C(C)c1ccccc1C1=CCNCCC1. The van der Waals surface area contributed by atoms with Gasteiger partial charge in [-0.1, -0.05) is 36.4 Å². The Kier molecular flexibility index (Phi) is 6.70. The number of anilines is 1. The van der Waals surface area contributed by atoms with Crippen molar-refractivity contribution < 1.29 is 17.2 Å². The molecule has 37 heavy (non-hydrogen) atoms. The molecule has 3 heterocycles. The maximum absolute atomic E-state index is 13.5. The van der Waals surface area contributed by atoms with Gasteiger partial charge in [0, 0.05) is 12.6 Å². The minimum atomic E-state index is -4.12. The van der Waals surface area contributed by atoms with E-state index in [-0.39, 0.29) is 22.3 Å². The van der Waals surface area contributed by atoms with Crippen LogP contribution in [0.15, 0.2) is 74.8 Å². The van der Waals surface area contributed by atoms with Crippen LogP contribution in [-0.4, -0.2) is 31.1 Å². The van der Waals surface area contributed by atoms with Gasteiger partial charge >= 0.3 is 5.76 Å². The standard InChI is InChI=1S/C27H27FN4O4S/c1-17-15-22-23(16-24(17)37(34,35)31-26-11-5-10-25(28)30-26)36-27(33)32(22)18(2)20-8-3-4-9-21(20)19-7-6-13-29-14-12-19/h3-5,8-12,15-16,18,29H,6-7,13-14H2,1-2H3,(H,30,31). The summed E-state index contributed by atoms with van der Waals surface area (Å²) in [5.41, 5.74) is 4.34. The minimum absolute atomic E-state index is 0.0869. The normalized spacial score (nSPS) is 15.3. The second-order valence-electron chi connectivity index (χ2n) is 9.07. The average molecular weight is 523 g/mol. The summed E-state index contributed by atoms with van der Waals surface area (Å²) in [6.45, 7) is 5.32. The highest BCUT2D eigenvalue weighted by Gasteiger charge is 2.25. The van der Waals surface area contributed by atoms with Gasteiger partial charge in [0.05, 0.1) is 16.5 Å². The highest BCUT2D eigenvalue weighted by molar-refractivity contribution is 7.92. The van der Waals surface area contributed by atoms with E-state index in [0.717, 1.165) is 43.1 Å². The maximum atomic E-state index is 13.5. The van der Waals surface area contributed by atoms with E-state index in [1.54, 1.807) is 17.6 Å². The van der Waals surface area contributed by atoms with Crippen LogP contribution in [0.4, 0.5) is 10.2 Å². The second kappa shape index (κ2) is 9.95. The van der Waals surface area contributed by atoms with E-state index < -0.39 is 21.7 Å². The lowest BCUT2D eigenvalue weighted by Gasteiger charge is -2.19. The van der Waals surface area contributed by atoms with Crippen LogP contribution < -0.4 is 15.8 Å². The first-order valence-electron chi connectivity index (χ1n) is 12.0. The van der Waals surface area contributed by atoms with Crippen molar-refractivity contribution in [1.29, 1.82) is 0 Å². The number of rotatable bonds is 6. The Morgan fingerprint density at radius 3 is 2.78 bits per heavy atom. The summed E-state index contributed by atoms with van der Waals surface area (Å²) in [5, 5.41) is 3.37. The lowest BCUT2D eigenvalue weighted by Crippen LogP contribution is -2.20. The molecule has 1 aliphatic rings. The van der Waals surface area contributed by atoms with Gasteiger partial charge in [-0.2, -0.15) is 4.39 Å². The van der Waals surface area contributed by atoms with E-state index in [4.69, 9.17) is 4.42 Å². The Bertz CT molecular complexity index is 1670. The fourth-order valence-corrected chi connectivity index (χ4v) is 6.06. The molecule has 4 aromatic rings. The highest BCUT2D eigenvalue weighted by Crippen LogP contribution is 2.32. The molecule has 2 aromatic heterocycles. The second-order valence-corrected chi connectivity index (χ2v) is 10.7. The Labute approximate surface area is 213 Å². The number of benzene rings is 2. The molecule has 0 aliphatic carbocycles. The van der Waals surface area contributed by atoms with Crippen LogP contribution in [0.2, 0.25) is 0 Å². The zero-order chi connectivity index (χ0) is 26.2. The van der Waals surface area contributed by atoms with Gasteiger partial charge in [0.2, 0.25) is 5.95 Å². The number of fused-ring (bicyclic) bond motifs is 1. The summed E-state index contributed by atoms with van der Waals surface area (Å²) in [5.74, 6) is -1.53. The first-order chi connectivity index (χ1) is 17.7. The summed E-state index contributed by atoms with van der Waals surface area (Å²) in [6.07, 6.45) is 4.15. The number of nitrogens with one attached hydrogen (secondary N) is 2. The predicted molar refractivity (Wildman–Crippen MR) is 141 cm³/mol. The number of aryl methyl sites for hydroxylation is 1. The molecule has 1 unspecified atom stereocenters. The van der Waals surface area contributed by atoms with Gasteiger partial charge in [-0.25, -0.2) is 18.2 Å². The molecule has 10 heteroatoms. The lowest BCUT2D eigenvalue weighted by molar-refractivity contribution is 0.489. The number of aromatic nitrogens is 2. The average Bonchev–Trinajstić information content (AvgIpc) is 3.01. The molecular weight excluding hydrogens is 495 g/mol. The van der Waals surface area contributed by atoms with Crippen molar-refractivity contribution in [2.24, 2.45) is 0 Å². The lowest BCUT2D eigenvalue weighted by atomic mass is 9.92. The molecule has 8 nitrogen and oxygen atoms in total. The van der Waals surface area contributed by atoms with E-state index >= 15 is 0 Å². The molecule has 192 valence electrons. The number of nitrogens with zero attached hydrogens (tertiary/aromatic N) is 2. The zero-order valence-electron chi connectivity index (χ0n) is 20.5. The predicted octanol–water partition coefficient (Wildman–Crippen LogP) is 4.61. The molecule has 5 rings (SSSR count). The van der Waals surface area contributed by atoms with Crippen LogP contribution in [-0.2, 0) is 10.0 Å². The third-order valence-corrected chi connectivity index (χ3v) is 8.09. The first-order valence-corrected chi connectivity index (χ1v) is 13.5. The van der Waals surface area contributed by atoms with E-state index in [9.17, 15) is 17.6 Å². The van der Waals surface area contributed by atoms with Crippen molar-refractivity contribution in [3.63, 3.8) is 0 Å². The molecule has 1 atom stereocenters. The van der Waals surface area contributed by atoms with Crippen LogP contribution in [0.3, 0.4) is 0 Å². The van der Waals surface area contributed by atoms with Crippen molar-refractivity contribution in [2.75, 3.05) is 17.8 Å². The summed E-state index contributed by atoms with van der Waals surface area (Å²) < 4.78 is 48.9. The topological polar surface area (TPSA) is 106 Å². The molecule has 0 spiro atoms. The van der Waals surface area contributed by atoms with Crippen LogP contribution in [0, 0.1) is 12.9 Å². The van der Waals surface area contributed by atoms with Crippen molar-refractivity contribution in [2.45, 2.75) is 37.6 Å². The summed E-state index contributed by atoms with van der Waals surface area (Å²) in [7, 11) is -4.12. The molecule has 0 fully saturated rings. The number of hydrogen-bond acceptors (Lipinski definition) is 6. The molecule has 1 aliphatic heterocycles. The van der Waals surface area contributed by atoms with Gasteiger partial charge in [-0.3, -0.25) is 9.29 Å². The number of sulfonamides is 1. The van der Waals surface area contributed by atoms with Crippen molar-refractivity contribution >= 4 is 32.5 Å². The molecule has 2 N–H and O–H groups in total. The molecule has 2 aromatic carbocycles. The van der Waals surface area contributed by atoms with Gasteiger partial charge in [-0.05, 0) is 73.7 Å². The smallest absolute Gasteiger partial charge is 0.408 e. The molecule has 0 bridgehead atoms. The largest absolute Gasteiger partial charge is 0.420 e. The van der Waals surface area contributed by atoms with Crippen molar-refractivity contribution in [3.05, 3.63) is 93.9 Å². The number of oxazole rings is 1. The third-order valence-electron chi connectivity index (χ3n) is 6.59. The van der Waals surface area contributed by atoms with Crippen molar-refractivity contribution in [3.8, 4) is 0 Å². The van der Waals surface area contributed by atoms with Crippen molar-refractivity contribution in [1.82, 2.24) is 14.9 Å². The number of pyridine rings is 1. The highest BCUT2D eigenvalue weighted by atomic mass is 32.2. The monoisotopic (exact) mass is 522 g/mol. The van der Waals surface area contributed by atoms with Gasteiger partial charge in [0.15, 0.2) is 5.58 Å². The number of hydrogen-bond donors (Lipinski definition) is 2. The molecule has 0 saturated heterocycles. The van der Waals surface area contributed by atoms with Gasteiger partial charge in [-0.15, -0.1) is 0 Å². The van der Waals surface area contributed by atoms with Gasteiger partial charge in [0.1, 0.15) is 5.82 Å². The molecule has 0 saturated carbocycles. The van der Waals surface area contributed by atoms with Crippen LogP contribution in [0.25, 0.3) is 16.7 Å². The van der Waals surface area contributed by atoms with E-state index in [0.29, 0.717) is 11.1 Å². The van der Waals surface area contributed by atoms with Crippen LogP contribution in [0.1, 0.15) is 42.5 Å². The molecule has 0 radical (unpaired) electrons. The van der Waals surface area contributed by atoms with Crippen LogP contribution in [0.5, 0.6) is 0 Å². The first kappa shape index (κ1) is 24.9. The fourth-order valence-electron chi connectivity index (χ4n) is 4.82. The number of halogens is 1. The third kappa shape index (κ3) is 4.94. The molecular formula is C27H27FN4O4S. The van der Waals surface area contributed by atoms with E-state index in [2.05, 4.69) is 27.2 Å². The van der Waals surface area contributed by atoms with E-state index in [1.807, 2.05) is 25.1 Å². The quantitative estimate of drug-likeness (QED) is 0.358. The summed E-state index contributed by atoms with van der Waals surface area (Å²) >= 11 is 0. The number of allylic oxidation sites excluding steroid dienone is 1. The minimum Gasteiger partial charge on any atom is -0.408 e. The van der Waals surface area contributed by atoms with Gasteiger partial charge in [0.25, 0.3) is 10.0 Å². The van der Waals surface area contributed by atoms with Gasteiger partial charge < -0.3 is 9.73 Å². The Morgan fingerprint density at radius 1 is 1.16 bits per heavy atom. The maximum Gasteiger partial charge on any atom is 0.420 e. The molecule has 0 amide bonds.